The molecule has 2 atom stereocenters. The highest BCUT2D eigenvalue weighted by atomic mass is 32.2. The first kappa shape index (κ1) is 25.5. The van der Waals surface area contributed by atoms with Crippen LogP contribution < -0.4 is 14.8 Å². The van der Waals surface area contributed by atoms with E-state index >= 15 is 0 Å². The van der Waals surface area contributed by atoms with E-state index in [0.29, 0.717) is 23.9 Å². The summed E-state index contributed by atoms with van der Waals surface area (Å²) in [7, 11) is 1.64. The number of methoxy groups -OCH3 is 1. The molecule has 8 nitrogen and oxygen atoms in total. The number of hydrogen-bond donors (Lipinski definition) is 1. The summed E-state index contributed by atoms with van der Waals surface area (Å²) < 4.78 is 10.7. The molecular formula is C29H28N4O4S. The average Bonchev–Trinajstić information content (AvgIpc) is 3.54. The number of amides is 2. The van der Waals surface area contributed by atoms with Gasteiger partial charge < -0.3 is 14.8 Å². The molecule has 2 amide bonds. The van der Waals surface area contributed by atoms with E-state index in [1.807, 2.05) is 66.5 Å². The van der Waals surface area contributed by atoms with Gasteiger partial charge in [0.2, 0.25) is 5.91 Å². The second kappa shape index (κ2) is 11.5. The molecule has 1 N–H and O–H groups in total. The number of benzene rings is 3. The monoisotopic (exact) mass is 528 g/mol. The van der Waals surface area contributed by atoms with Crippen molar-refractivity contribution < 1.29 is 19.1 Å². The Morgan fingerprint density at radius 2 is 1.74 bits per heavy atom. The minimum absolute atomic E-state index is 0.0165. The Balaban J connectivity index is 1.30. The number of hydrazone groups is 1. The van der Waals surface area contributed by atoms with Crippen molar-refractivity contribution in [3.05, 3.63) is 90.0 Å². The fourth-order valence-electron chi connectivity index (χ4n) is 4.37. The number of nitrogens with one attached hydrogen (secondary N) is 1. The summed E-state index contributed by atoms with van der Waals surface area (Å²) in [5, 5.41) is 9.46. The van der Waals surface area contributed by atoms with Gasteiger partial charge in [0.1, 0.15) is 16.7 Å². The number of amidine groups is 1. The number of ether oxygens (including phenoxy) is 2. The van der Waals surface area contributed by atoms with Crippen molar-refractivity contribution in [1.82, 2.24) is 5.01 Å². The van der Waals surface area contributed by atoms with Crippen LogP contribution in [-0.4, -0.2) is 46.7 Å². The lowest BCUT2D eigenvalue weighted by Crippen LogP contribution is -2.25. The van der Waals surface area contributed by atoms with Gasteiger partial charge in [-0.05, 0) is 66.6 Å². The molecule has 3 aromatic rings. The van der Waals surface area contributed by atoms with E-state index < -0.39 is 5.25 Å². The summed E-state index contributed by atoms with van der Waals surface area (Å²) in [5.74, 6) is 0.932. The van der Waals surface area contributed by atoms with E-state index in [2.05, 4.69) is 10.3 Å². The number of hydrogen-bond acceptors (Lipinski definition) is 7. The van der Waals surface area contributed by atoms with E-state index in [9.17, 15) is 9.59 Å². The lowest BCUT2D eigenvalue weighted by atomic mass is 9.98. The van der Waals surface area contributed by atoms with Gasteiger partial charge in [-0.2, -0.15) is 10.1 Å². The molecule has 0 bridgehead atoms. The first-order valence-electron chi connectivity index (χ1n) is 12.4. The van der Waals surface area contributed by atoms with E-state index in [-0.39, 0.29) is 24.3 Å². The zero-order valence-electron chi connectivity index (χ0n) is 21.2. The smallest absolute Gasteiger partial charge is 0.262 e. The third-order valence-corrected chi connectivity index (χ3v) is 7.40. The van der Waals surface area contributed by atoms with Crippen LogP contribution in [-0.2, 0) is 9.59 Å². The average molecular weight is 529 g/mol. The summed E-state index contributed by atoms with van der Waals surface area (Å²) in [6.45, 7) is 2.49. The summed E-state index contributed by atoms with van der Waals surface area (Å²) >= 11 is 1.28. The number of nitrogens with zero attached hydrogens (tertiary/aromatic N) is 3. The molecule has 2 aliphatic heterocycles. The Morgan fingerprint density at radius 1 is 1.03 bits per heavy atom. The van der Waals surface area contributed by atoms with Crippen molar-refractivity contribution in [2.24, 2.45) is 10.1 Å². The first-order valence-corrected chi connectivity index (χ1v) is 13.3. The molecule has 2 heterocycles. The lowest BCUT2D eigenvalue weighted by molar-refractivity contribution is -0.121. The molecule has 0 unspecified atom stereocenters. The summed E-state index contributed by atoms with van der Waals surface area (Å²) in [6.07, 6.45) is 0.676. The molecule has 0 aliphatic carbocycles. The summed E-state index contributed by atoms with van der Waals surface area (Å²) in [4.78, 5) is 29.9. The largest absolute Gasteiger partial charge is 0.497 e. The molecule has 0 saturated carbocycles. The van der Waals surface area contributed by atoms with Crippen LogP contribution in [0.25, 0.3) is 0 Å². The molecule has 0 aromatic heterocycles. The molecular weight excluding hydrogens is 500 g/mol. The molecule has 9 heteroatoms. The quantitative estimate of drug-likeness (QED) is 0.428. The van der Waals surface area contributed by atoms with Crippen molar-refractivity contribution in [3.63, 3.8) is 0 Å². The zero-order chi connectivity index (χ0) is 26.5. The fraction of sp³-hybridized carbons (Fsp3) is 0.241. The Labute approximate surface area is 225 Å². The van der Waals surface area contributed by atoms with E-state index in [4.69, 9.17) is 14.6 Å². The van der Waals surface area contributed by atoms with Crippen LogP contribution in [0.1, 0.15) is 36.9 Å². The molecule has 38 heavy (non-hydrogen) atoms. The van der Waals surface area contributed by atoms with E-state index in [1.165, 1.54) is 11.8 Å². The highest BCUT2D eigenvalue weighted by molar-refractivity contribution is 8.15. The Bertz CT molecular complexity index is 1360. The van der Waals surface area contributed by atoms with E-state index in [1.54, 1.807) is 31.4 Å². The molecule has 5 rings (SSSR count). The molecule has 3 aromatic carbocycles. The van der Waals surface area contributed by atoms with Gasteiger partial charge in [-0.15, -0.1) is 0 Å². The number of aliphatic imine (C=N–C) groups is 1. The highest BCUT2D eigenvalue weighted by Crippen LogP contribution is 2.38. The van der Waals surface area contributed by atoms with Crippen LogP contribution in [0.4, 0.5) is 5.69 Å². The number of anilines is 1. The second-order valence-electron chi connectivity index (χ2n) is 8.80. The van der Waals surface area contributed by atoms with E-state index in [0.717, 1.165) is 28.3 Å². The van der Waals surface area contributed by atoms with Gasteiger partial charge in [-0.1, -0.05) is 42.1 Å². The van der Waals surface area contributed by atoms with Crippen molar-refractivity contribution in [3.8, 4) is 11.5 Å². The number of carbonyl (C=O) groups excluding carboxylic acids is 2. The maximum atomic E-state index is 12.8. The zero-order valence-corrected chi connectivity index (χ0v) is 22.0. The Kier molecular flexibility index (Phi) is 7.74. The van der Waals surface area contributed by atoms with Crippen LogP contribution in [0.15, 0.2) is 89.0 Å². The standard InChI is InChI=1S/C29H28N4O4S/c1-3-37-23-15-11-21(12-16-23)30-27(34)18-26-28(35)31-29(38-26)33-25(20-7-5-4-6-8-20)17-24(32-33)19-9-13-22(36-2)14-10-19/h4-16,25-26H,3,17-18H2,1-2H3,(H,30,34)/t25-,26+/m1/s1. The highest BCUT2D eigenvalue weighted by Gasteiger charge is 2.39. The van der Waals surface area contributed by atoms with Gasteiger partial charge in [0.15, 0.2) is 5.17 Å². The minimum Gasteiger partial charge on any atom is -0.497 e. The van der Waals surface area contributed by atoms with Gasteiger partial charge in [-0.3, -0.25) is 9.59 Å². The predicted molar refractivity (Wildman–Crippen MR) is 150 cm³/mol. The minimum atomic E-state index is -0.607. The predicted octanol–water partition coefficient (Wildman–Crippen LogP) is 5.27. The van der Waals surface area contributed by atoms with Crippen molar-refractivity contribution in [2.75, 3.05) is 19.0 Å². The normalized spacial score (nSPS) is 18.7. The van der Waals surface area contributed by atoms with Crippen LogP contribution >= 0.6 is 11.8 Å². The summed E-state index contributed by atoms with van der Waals surface area (Å²) in [6, 6.07) is 24.9. The number of thioether (sulfide) groups is 1. The van der Waals surface area contributed by atoms with Gasteiger partial charge in [-0.25, -0.2) is 5.01 Å². The van der Waals surface area contributed by atoms with Crippen molar-refractivity contribution >= 4 is 40.1 Å². The van der Waals surface area contributed by atoms with Crippen LogP contribution in [0.5, 0.6) is 11.5 Å². The molecule has 194 valence electrons. The third-order valence-electron chi connectivity index (χ3n) is 6.26. The van der Waals surface area contributed by atoms with Gasteiger partial charge in [0.25, 0.3) is 5.91 Å². The van der Waals surface area contributed by atoms with Gasteiger partial charge in [0.05, 0.1) is 25.5 Å². The van der Waals surface area contributed by atoms with Crippen LogP contribution in [0.3, 0.4) is 0 Å². The second-order valence-corrected chi connectivity index (χ2v) is 9.97. The lowest BCUT2D eigenvalue weighted by Gasteiger charge is -2.23. The maximum Gasteiger partial charge on any atom is 0.262 e. The number of rotatable bonds is 8. The van der Waals surface area contributed by atoms with Gasteiger partial charge >= 0.3 is 0 Å². The molecule has 0 radical (unpaired) electrons. The first-order chi connectivity index (χ1) is 18.5. The number of carbonyl (C=O) groups is 2. The molecule has 0 spiro atoms. The molecule has 2 aliphatic rings. The Morgan fingerprint density at radius 3 is 2.42 bits per heavy atom. The van der Waals surface area contributed by atoms with Crippen molar-refractivity contribution in [1.29, 1.82) is 0 Å². The molecule has 0 saturated heterocycles. The van der Waals surface area contributed by atoms with Crippen LogP contribution in [0, 0.1) is 0 Å². The van der Waals surface area contributed by atoms with Gasteiger partial charge in [0, 0.05) is 18.5 Å². The van der Waals surface area contributed by atoms with Crippen LogP contribution in [0.2, 0.25) is 0 Å². The molecule has 0 fully saturated rings. The fourth-order valence-corrected chi connectivity index (χ4v) is 5.43. The Hall–Kier alpha value is -4.11. The topological polar surface area (TPSA) is 92.6 Å². The summed E-state index contributed by atoms with van der Waals surface area (Å²) in [5.41, 5.74) is 3.60. The van der Waals surface area contributed by atoms with Crippen molar-refractivity contribution in [2.45, 2.75) is 31.1 Å². The SMILES string of the molecule is CCOc1ccc(NC(=O)C[C@@H]2SC(N3N=C(c4ccc(OC)cc4)C[C@@H]3c3ccccc3)=NC2=O)cc1. The third kappa shape index (κ3) is 5.73. The maximum absolute atomic E-state index is 12.8.